The molecule has 0 N–H and O–H groups in total. The van der Waals surface area contributed by atoms with Crippen LogP contribution in [0.4, 0.5) is 24.5 Å². The Morgan fingerprint density at radius 3 is 2.19 bits per heavy atom. The molecule has 3 heterocycles. The highest BCUT2D eigenvalue weighted by Gasteiger charge is 2.33. The summed E-state index contributed by atoms with van der Waals surface area (Å²) in [6.45, 7) is 8.14. The monoisotopic (exact) mass is 517 g/mol. The summed E-state index contributed by atoms with van der Waals surface area (Å²) in [6.07, 6.45) is 5.69. The van der Waals surface area contributed by atoms with Gasteiger partial charge in [0, 0.05) is 16.3 Å². The number of alkyl halides is 3. The lowest BCUT2D eigenvalue weighted by atomic mass is 9.92. The van der Waals surface area contributed by atoms with Crippen LogP contribution in [-0.2, 0) is 6.18 Å². The largest absolute Gasteiger partial charge is 0.416 e. The summed E-state index contributed by atoms with van der Waals surface area (Å²) < 4.78 is 40.3. The van der Waals surface area contributed by atoms with Gasteiger partial charge in [0.1, 0.15) is 0 Å². The first kappa shape index (κ1) is 25.9. The minimum Gasteiger partial charge on any atom is -0.340 e. The van der Waals surface area contributed by atoms with Crippen LogP contribution < -0.4 is 4.90 Å². The van der Waals surface area contributed by atoms with Crippen LogP contribution in [0.3, 0.4) is 0 Å². The predicted octanol–water partition coefficient (Wildman–Crippen LogP) is 7.68. The molecule has 3 aliphatic heterocycles. The molecular formula is C29H38F3N3S. The van der Waals surface area contributed by atoms with Gasteiger partial charge in [0.05, 0.1) is 16.9 Å². The van der Waals surface area contributed by atoms with Crippen molar-refractivity contribution in [3.8, 4) is 0 Å². The van der Waals surface area contributed by atoms with Crippen LogP contribution in [0.25, 0.3) is 0 Å². The molecule has 196 valence electrons. The van der Waals surface area contributed by atoms with E-state index in [1.807, 2.05) is 18.2 Å². The fourth-order valence-corrected chi connectivity index (χ4v) is 7.06. The van der Waals surface area contributed by atoms with E-state index in [4.69, 9.17) is 0 Å². The van der Waals surface area contributed by atoms with Gasteiger partial charge in [-0.3, -0.25) is 0 Å². The number of fused-ring (bicyclic) bond motifs is 2. The Hall–Kier alpha value is -1.70. The minimum absolute atomic E-state index is 0.570. The molecule has 3 nitrogen and oxygen atoms in total. The van der Waals surface area contributed by atoms with Gasteiger partial charge in [-0.15, -0.1) is 0 Å². The van der Waals surface area contributed by atoms with Crippen LogP contribution in [0.1, 0.15) is 56.9 Å². The molecule has 2 aromatic rings. The molecule has 0 spiro atoms. The van der Waals surface area contributed by atoms with Gasteiger partial charge < -0.3 is 14.7 Å². The summed E-state index contributed by atoms with van der Waals surface area (Å²) in [5.74, 6) is 0.721. The van der Waals surface area contributed by atoms with Crippen LogP contribution >= 0.6 is 11.8 Å². The summed E-state index contributed by atoms with van der Waals surface area (Å²) in [4.78, 5) is 9.39. The van der Waals surface area contributed by atoms with Crippen molar-refractivity contribution in [1.82, 2.24) is 9.80 Å². The van der Waals surface area contributed by atoms with E-state index in [1.54, 1.807) is 17.8 Å². The topological polar surface area (TPSA) is 9.72 Å². The first-order valence-corrected chi connectivity index (χ1v) is 14.5. The SMILES string of the molecule is FC(F)(F)c1ccc2c(c1)N(CCCC1CCN(CCCN3CCCCC3)CC1)c1ccccc1S2. The third-order valence-corrected chi connectivity index (χ3v) is 9.18. The standard InChI is InChI=1S/C29H38F3N3S/c30-29(31,32)24-11-12-28-26(22-24)35(25-9-2-3-10-27(25)36-28)19-6-8-23-13-20-34(21-14-23)18-7-17-33-15-4-1-5-16-33/h2-3,9-12,22-23H,1,4-8,13-21H2. The average molecular weight is 518 g/mol. The summed E-state index contributed by atoms with van der Waals surface area (Å²) >= 11 is 1.57. The van der Waals surface area contributed by atoms with Gasteiger partial charge in [0.15, 0.2) is 0 Å². The molecule has 0 radical (unpaired) electrons. The zero-order valence-corrected chi connectivity index (χ0v) is 21.9. The van der Waals surface area contributed by atoms with E-state index in [2.05, 4.69) is 20.8 Å². The number of rotatable bonds is 8. The molecule has 0 atom stereocenters. The van der Waals surface area contributed by atoms with Gasteiger partial charge in [-0.25, -0.2) is 0 Å². The number of likely N-dealkylation sites (tertiary alicyclic amines) is 2. The van der Waals surface area contributed by atoms with Gasteiger partial charge >= 0.3 is 6.18 Å². The number of anilines is 2. The Morgan fingerprint density at radius 2 is 1.44 bits per heavy atom. The number of nitrogens with zero attached hydrogens (tertiary/aromatic N) is 3. The minimum atomic E-state index is -4.33. The predicted molar refractivity (Wildman–Crippen MR) is 142 cm³/mol. The first-order chi connectivity index (χ1) is 17.5. The lowest BCUT2D eigenvalue weighted by Crippen LogP contribution is -2.37. The Morgan fingerprint density at radius 1 is 0.750 bits per heavy atom. The van der Waals surface area contributed by atoms with Crippen molar-refractivity contribution in [3.05, 3.63) is 48.0 Å². The summed E-state index contributed by atoms with van der Waals surface area (Å²) in [6, 6.07) is 12.2. The highest BCUT2D eigenvalue weighted by Crippen LogP contribution is 2.49. The maximum absolute atomic E-state index is 13.4. The van der Waals surface area contributed by atoms with Crippen molar-refractivity contribution in [2.75, 3.05) is 50.7 Å². The third kappa shape index (κ3) is 6.40. The van der Waals surface area contributed by atoms with Crippen molar-refractivity contribution >= 4 is 23.1 Å². The van der Waals surface area contributed by atoms with Gasteiger partial charge in [0.2, 0.25) is 0 Å². The van der Waals surface area contributed by atoms with E-state index >= 15 is 0 Å². The Bertz CT molecular complexity index is 997. The zero-order chi connectivity index (χ0) is 25.0. The number of hydrogen-bond donors (Lipinski definition) is 0. The van der Waals surface area contributed by atoms with E-state index < -0.39 is 11.7 Å². The second kappa shape index (κ2) is 11.8. The first-order valence-electron chi connectivity index (χ1n) is 13.7. The molecule has 7 heteroatoms. The molecule has 3 aliphatic rings. The van der Waals surface area contributed by atoms with Crippen molar-refractivity contribution in [2.24, 2.45) is 5.92 Å². The molecule has 0 aromatic heterocycles. The number of halogens is 3. The van der Waals surface area contributed by atoms with Crippen molar-refractivity contribution in [1.29, 1.82) is 0 Å². The number of para-hydroxylation sites is 1. The van der Waals surface area contributed by atoms with Gasteiger partial charge in [0.25, 0.3) is 0 Å². The van der Waals surface area contributed by atoms with E-state index in [1.165, 1.54) is 89.9 Å². The Balaban J connectivity index is 1.12. The second-order valence-electron chi connectivity index (χ2n) is 10.6. The molecule has 2 saturated heterocycles. The van der Waals surface area contributed by atoms with Gasteiger partial charge in [-0.2, -0.15) is 13.2 Å². The molecule has 2 fully saturated rings. The van der Waals surface area contributed by atoms with Crippen molar-refractivity contribution in [3.63, 3.8) is 0 Å². The lowest BCUT2D eigenvalue weighted by molar-refractivity contribution is -0.137. The number of benzene rings is 2. The number of piperidine rings is 2. The Labute approximate surface area is 218 Å². The molecule has 0 bridgehead atoms. The smallest absolute Gasteiger partial charge is 0.340 e. The van der Waals surface area contributed by atoms with Crippen LogP contribution in [0, 0.1) is 5.92 Å². The third-order valence-electron chi connectivity index (χ3n) is 8.05. The maximum atomic E-state index is 13.4. The fraction of sp³-hybridized carbons (Fsp3) is 0.586. The second-order valence-corrected chi connectivity index (χ2v) is 11.7. The van der Waals surface area contributed by atoms with Crippen molar-refractivity contribution in [2.45, 2.75) is 67.3 Å². The fourth-order valence-electron chi connectivity index (χ4n) is 5.98. The van der Waals surface area contributed by atoms with E-state index in [9.17, 15) is 13.2 Å². The highest BCUT2D eigenvalue weighted by molar-refractivity contribution is 7.99. The Kier molecular flexibility index (Phi) is 8.49. The number of hydrogen-bond acceptors (Lipinski definition) is 4. The molecule has 5 rings (SSSR count). The normalized spacial score (nSPS) is 19.8. The summed E-state index contributed by atoms with van der Waals surface area (Å²) in [5, 5.41) is 0. The molecule has 0 saturated carbocycles. The molecule has 0 aliphatic carbocycles. The molecule has 2 aromatic carbocycles. The van der Waals surface area contributed by atoms with Crippen LogP contribution in [0.5, 0.6) is 0 Å². The van der Waals surface area contributed by atoms with E-state index in [0.29, 0.717) is 5.69 Å². The van der Waals surface area contributed by atoms with Crippen LogP contribution in [0.15, 0.2) is 52.3 Å². The van der Waals surface area contributed by atoms with E-state index in [-0.39, 0.29) is 0 Å². The molecular weight excluding hydrogens is 479 g/mol. The van der Waals surface area contributed by atoms with E-state index in [0.717, 1.165) is 40.8 Å². The quantitative estimate of drug-likeness (QED) is 0.355. The summed E-state index contributed by atoms with van der Waals surface area (Å²) in [5.41, 5.74) is 1.15. The highest BCUT2D eigenvalue weighted by atomic mass is 32.2. The van der Waals surface area contributed by atoms with Gasteiger partial charge in [-0.05, 0) is 120 Å². The molecule has 0 amide bonds. The maximum Gasteiger partial charge on any atom is 0.416 e. The van der Waals surface area contributed by atoms with Crippen LogP contribution in [0.2, 0.25) is 0 Å². The average Bonchev–Trinajstić information content (AvgIpc) is 2.89. The molecule has 0 unspecified atom stereocenters. The molecule has 36 heavy (non-hydrogen) atoms. The lowest BCUT2D eigenvalue weighted by Gasteiger charge is -2.35. The summed E-state index contributed by atoms with van der Waals surface area (Å²) in [7, 11) is 0. The van der Waals surface area contributed by atoms with Gasteiger partial charge in [-0.1, -0.05) is 30.3 Å². The van der Waals surface area contributed by atoms with Crippen LogP contribution in [-0.4, -0.2) is 55.6 Å². The van der Waals surface area contributed by atoms with Crippen molar-refractivity contribution < 1.29 is 13.2 Å². The zero-order valence-electron chi connectivity index (χ0n) is 21.1.